The molecule has 2 atom stereocenters. The monoisotopic (exact) mass is 129 g/mol. The van der Waals surface area contributed by atoms with Gasteiger partial charge in [0.25, 0.3) is 0 Å². The van der Waals surface area contributed by atoms with Gasteiger partial charge in [-0.15, -0.1) is 0 Å². The summed E-state index contributed by atoms with van der Waals surface area (Å²) in [6.07, 6.45) is 2.72. The van der Waals surface area contributed by atoms with Crippen molar-refractivity contribution < 1.29 is 4.39 Å². The van der Waals surface area contributed by atoms with Crippen LogP contribution in [0.15, 0.2) is 0 Å². The predicted octanol–water partition coefficient (Wildman–Crippen LogP) is 1.10. The van der Waals surface area contributed by atoms with Crippen LogP contribution in [-0.4, -0.2) is 18.8 Å². The van der Waals surface area contributed by atoms with Gasteiger partial charge in [-0.25, -0.2) is 4.39 Å². The van der Waals surface area contributed by atoms with Crippen molar-refractivity contribution >= 4 is 0 Å². The summed E-state index contributed by atoms with van der Waals surface area (Å²) >= 11 is 0. The normalized spacial score (nSPS) is 49.7. The first kappa shape index (κ1) is 5.66. The first-order chi connectivity index (χ1) is 4.29. The average Bonchev–Trinajstić information content (AvgIpc) is 2.07. The molecule has 2 rings (SSSR count). The summed E-state index contributed by atoms with van der Waals surface area (Å²) in [5.41, 5.74) is -0.817. The van der Waals surface area contributed by atoms with E-state index in [4.69, 9.17) is 0 Å². The van der Waals surface area contributed by atoms with E-state index in [0.717, 1.165) is 25.8 Å². The molecule has 0 radical (unpaired) electrons. The Labute approximate surface area is 54.6 Å². The predicted molar refractivity (Wildman–Crippen MR) is 34.0 cm³/mol. The van der Waals surface area contributed by atoms with Gasteiger partial charge in [0.05, 0.1) is 0 Å². The molecule has 9 heavy (non-hydrogen) atoms. The lowest BCUT2D eigenvalue weighted by atomic mass is 9.98. The fourth-order valence-corrected chi connectivity index (χ4v) is 2.02. The quantitative estimate of drug-likeness (QED) is 0.516. The molecule has 1 N–H and O–H groups in total. The largest absolute Gasteiger partial charge is 0.313 e. The number of alkyl halides is 1. The van der Waals surface area contributed by atoms with Crippen LogP contribution in [0.2, 0.25) is 0 Å². The van der Waals surface area contributed by atoms with Gasteiger partial charge in [0.15, 0.2) is 0 Å². The highest BCUT2D eigenvalue weighted by atomic mass is 19.1. The Hall–Kier alpha value is -0.110. The molecular weight excluding hydrogens is 117 g/mol. The van der Waals surface area contributed by atoms with Crippen LogP contribution in [0.4, 0.5) is 4.39 Å². The summed E-state index contributed by atoms with van der Waals surface area (Å²) < 4.78 is 13.3. The summed E-state index contributed by atoms with van der Waals surface area (Å²) in [6.45, 7) is 1.65. The smallest absolute Gasteiger partial charge is 0.123 e. The molecule has 1 nitrogen and oxygen atoms in total. The van der Waals surface area contributed by atoms with E-state index in [1.807, 2.05) is 0 Å². The molecule has 52 valence electrons. The Morgan fingerprint density at radius 1 is 1.56 bits per heavy atom. The van der Waals surface area contributed by atoms with Crippen molar-refractivity contribution in [3.63, 3.8) is 0 Å². The second kappa shape index (κ2) is 1.69. The zero-order valence-electron chi connectivity index (χ0n) is 5.49. The third kappa shape index (κ3) is 0.855. The Morgan fingerprint density at radius 3 is 3.11 bits per heavy atom. The van der Waals surface area contributed by atoms with Gasteiger partial charge in [0, 0.05) is 6.54 Å². The molecule has 1 aliphatic carbocycles. The Bertz CT molecular complexity index is 122. The molecule has 1 saturated heterocycles. The molecule has 0 aromatic heterocycles. The molecule has 0 aromatic rings. The molecule has 2 unspecified atom stereocenters. The van der Waals surface area contributed by atoms with E-state index in [0.29, 0.717) is 12.5 Å². The number of fused-ring (bicyclic) bond motifs is 2. The summed E-state index contributed by atoms with van der Waals surface area (Å²) in [5.74, 6) is 0.642. The molecule has 2 heteroatoms. The van der Waals surface area contributed by atoms with Gasteiger partial charge in [-0.1, -0.05) is 0 Å². The maximum absolute atomic E-state index is 13.3. The standard InChI is InChI=1S/C7H12FN/c8-7-2-1-6(3-7)4-9-5-7/h6,9H,1-5H2. The van der Waals surface area contributed by atoms with E-state index in [2.05, 4.69) is 5.32 Å². The van der Waals surface area contributed by atoms with Crippen molar-refractivity contribution in [2.24, 2.45) is 5.92 Å². The van der Waals surface area contributed by atoms with E-state index in [1.165, 1.54) is 0 Å². The highest BCUT2D eigenvalue weighted by molar-refractivity contribution is 4.95. The van der Waals surface area contributed by atoms with Crippen LogP contribution in [0.1, 0.15) is 19.3 Å². The molecule has 0 amide bonds. The maximum Gasteiger partial charge on any atom is 0.123 e. The lowest BCUT2D eigenvalue weighted by Crippen LogP contribution is -2.40. The first-order valence-electron chi connectivity index (χ1n) is 3.68. The number of halogens is 1. The van der Waals surface area contributed by atoms with Crippen molar-refractivity contribution in [3.05, 3.63) is 0 Å². The third-order valence-corrected chi connectivity index (χ3v) is 2.53. The molecule has 1 aliphatic heterocycles. The lowest BCUT2D eigenvalue weighted by Gasteiger charge is -2.25. The van der Waals surface area contributed by atoms with Gasteiger partial charge in [-0.05, 0) is 31.7 Å². The van der Waals surface area contributed by atoms with Crippen LogP contribution in [-0.2, 0) is 0 Å². The van der Waals surface area contributed by atoms with Crippen LogP contribution in [0.3, 0.4) is 0 Å². The van der Waals surface area contributed by atoms with Crippen molar-refractivity contribution in [1.29, 1.82) is 0 Å². The molecule has 0 aromatic carbocycles. The average molecular weight is 129 g/mol. The summed E-state index contributed by atoms with van der Waals surface area (Å²) in [6, 6.07) is 0. The third-order valence-electron chi connectivity index (χ3n) is 2.53. The van der Waals surface area contributed by atoms with Crippen LogP contribution in [0.5, 0.6) is 0 Å². The van der Waals surface area contributed by atoms with Crippen LogP contribution in [0.25, 0.3) is 0 Å². The van der Waals surface area contributed by atoms with Crippen LogP contribution < -0.4 is 5.32 Å². The number of rotatable bonds is 0. The van der Waals surface area contributed by atoms with Gasteiger partial charge in [0.2, 0.25) is 0 Å². The molecular formula is C7H12FN. The van der Waals surface area contributed by atoms with Crippen LogP contribution in [0, 0.1) is 5.92 Å². The number of nitrogens with one attached hydrogen (secondary N) is 1. The van der Waals surface area contributed by atoms with Gasteiger partial charge in [-0.3, -0.25) is 0 Å². The van der Waals surface area contributed by atoms with E-state index in [1.54, 1.807) is 0 Å². The van der Waals surface area contributed by atoms with Gasteiger partial charge < -0.3 is 5.32 Å². The van der Waals surface area contributed by atoms with Crippen molar-refractivity contribution in [1.82, 2.24) is 5.32 Å². The SMILES string of the molecule is FC12CCC(CNC1)C2. The number of piperidine rings is 1. The van der Waals surface area contributed by atoms with Crippen LogP contribution >= 0.6 is 0 Å². The molecule has 1 saturated carbocycles. The minimum atomic E-state index is -0.817. The molecule has 0 spiro atoms. The Morgan fingerprint density at radius 2 is 2.44 bits per heavy atom. The molecule has 2 aliphatic rings. The van der Waals surface area contributed by atoms with Crippen molar-refractivity contribution in [2.45, 2.75) is 24.9 Å². The van der Waals surface area contributed by atoms with Gasteiger partial charge in [0.1, 0.15) is 5.67 Å². The Balaban J connectivity index is 2.13. The number of hydrogen-bond donors (Lipinski definition) is 1. The second-order valence-corrected chi connectivity index (χ2v) is 3.39. The first-order valence-corrected chi connectivity index (χ1v) is 3.68. The summed E-state index contributed by atoms with van der Waals surface area (Å²) in [7, 11) is 0. The van der Waals surface area contributed by atoms with Crippen molar-refractivity contribution in [3.8, 4) is 0 Å². The van der Waals surface area contributed by atoms with E-state index < -0.39 is 5.67 Å². The van der Waals surface area contributed by atoms with E-state index >= 15 is 0 Å². The maximum atomic E-state index is 13.3. The minimum absolute atomic E-state index is 0.601. The zero-order chi connectivity index (χ0) is 6.32. The fourth-order valence-electron chi connectivity index (χ4n) is 2.02. The van der Waals surface area contributed by atoms with Gasteiger partial charge >= 0.3 is 0 Å². The fraction of sp³-hybridized carbons (Fsp3) is 1.00. The summed E-state index contributed by atoms with van der Waals surface area (Å²) in [4.78, 5) is 0. The zero-order valence-corrected chi connectivity index (χ0v) is 5.49. The van der Waals surface area contributed by atoms with Crippen molar-refractivity contribution in [2.75, 3.05) is 13.1 Å². The topological polar surface area (TPSA) is 12.0 Å². The highest BCUT2D eigenvalue weighted by Gasteiger charge is 2.41. The Kier molecular flexibility index (Phi) is 1.06. The molecule has 2 fully saturated rings. The van der Waals surface area contributed by atoms with E-state index in [-0.39, 0.29) is 0 Å². The van der Waals surface area contributed by atoms with Gasteiger partial charge in [-0.2, -0.15) is 0 Å². The summed E-state index contributed by atoms with van der Waals surface area (Å²) in [5, 5.41) is 3.11. The molecule has 1 heterocycles. The van der Waals surface area contributed by atoms with E-state index in [9.17, 15) is 4.39 Å². The highest BCUT2D eigenvalue weighted by Crippen LogP contribution is 2.39. The molecule has 2 bridgehead atoms. The number of hydrogen-bond acceptors (Lipinski definition) is 1. The lowest BCUT2D eigenvalue weighted by molar-refractivity contribution is 0.142. The minimum Gasteiger partial charge on any atom is -0.313 e. The second-order valence-electron chi connectivity index (χ2n) is 3.39.